The molecule has 0 spiro atoms. The molecule has 0 aromatic heterocycles. The number of ether oxygens (including phenoxy) is 2. The first-order valence-corrected chi connectivity index (χ1v) is 8.23. The van der Waals surface area contributed by atoms with E-state index in [1.165, 1.54) is 6.08 Å². The van der Waals surface area contributed by atoms with Gasteiger partial charge in [-0.05, 0) is 13.8 Å². The Morgan fingerprint density at radius 3 is 2.05 bits per heavy atom. The van der Waals surface area contributed by atoms with Crippen LogP contribution < -0.4 is 0 Å². The molecule has 1 aliphatic rings. The number of esters is 2. The van der Waals surface area contributed by atoms with Crippen LogP contribution in [-0.2, 0) is 28.9 Å². The average Bonchev–Trinajstić information content (AvgIpc) is 2.69. The summed E-state index contributed by atoms with van der Waals surface area (Å²) in [6, 6.07) is 0. The number of halogens is 1. The van der Waals surface area contributed by atoms with Gasteiger partial charge in [0.15, 0.2) is 9.84 Å². The van der Waals surface area contributed by atoms with E-state index in [0.717, 1.165) is 5.41 Å². The third-order valence-electron chi connectivity index (χ3n) is 2.59. The van der Waals surface area contributed by atoms with Crippen LogP contribution in [0.4, 0.5) is 0 Å². The van der Waals surface area contributed by atoms with Gasteiger partial charge < -0.3 is 9.47 Å². The van der Waals surface area contributed by atoms with Gasteiger partial charge in [-0.3, -0.25) is 0 Å². The highest BCUT2D eigenvalue weighted by molar-refractivity contribution is 9.10. The van der Waals surface area contributed by atoms with Crippen LogP contribution in [0.25, 0.3) is 0 Å². The van der Waals surface area contributed by atoms with Crippen LogP contribution in [0.2, 0.25) is 0 Å². The van der Waals surface area contributed by atoms with E-state index in [1.807, 2.05) is 0 Å². The summed E-state index contributed by atoms with van der Waals surface area (Å²) in [5, 5.41) is 0.992. The summed E-state index contributed by atoms with van der Waals surface area (Å²) in [6.07, 6.45) is 1.30. The molecular weight excluding hydrogens is 340 g/mol. The summed E-state index contributed by atoms with van der Waals surface area (Å²) in [4.78, 5) is 24.0. The third kappa shape index (κ3) is 3.36. The molecule has 0 aliphatic carbocycles. The fraction of sp³-hybridized carbons (Fsp3) is 0.636. The standard InChI is InChI=1S/C11H15BrO6S/c1-3-17-9(13)11(12,10(14)18-4-2)8-5-6-19(15,16)7-8/h5-6,8H,3-4,7H2,1-2H3/t8-/m0/s1. The molecule has 6 nitrogen and oxygen atoms in total. The summed E-state index contributed by atoms with van der Waals surface area (Å²) in [7, 11) is -3.40. The van der Waals surface area contributed by atoms with Gasteiger partial charge >= 0.3 is 11.9 Å². The molecule has 0 aromatic carbocycles. The van der Waals surface area contributed by atoms with E-state index in [4.69, 9.17) is 9.47 Å². The van der Waals surface area contributed by atoms with Crippen LogP contribution in [0.15, 0.2) is 11.5 Å². The number of sulfone groups is 1. The van der Waals surface area contributed by atoms with Crippen LogP contribution in [0.3, 0.4) is 0 Å². The Balaban J connectivity index is 3.10. The summed E-state index contributed by atoms with van der Waals surface area (Å²) in [5.41, 5.74) is 0. The molecule has 0 saturated heterocycles. The van der Waals surface area contributed by atoms with E-state index in [-0.39, 0.29) is 19.0 Å². The Hall–Kier alpha value is -0.890. The molecule has 0 unspecified atom stereocenters. The van der Waals surface area contributed by atoms with E-state index in [1.54, 1.807) is 13.8 Å². The van der Waals surface area contributed by atoms with Crippen LogP contribution in [-0.4, -0.2) is 43.6 Å². The maximum atomic E-state index is 12.0. The highest BCUT2D eigenvalue weighted by atomic mass is 79.9. The van der Waals surface area contributed by atoms with Crippen molar-refractivity contribution in [1.29, 1.82) is 0 Å². The second-order valence-electron chi connectivity index (χ2n) is 3.92. The van der Waals surface area contributed by atoms with Crippen molar-refractivity contribution < 1.29 is 27.5 Å². The van der Waals surface area contributed by atoms with Crippen molar-refractivity contribution in [1.82, 2.24) is 0 Å². The van der Waals surface area contributed by atoms with Gasteiger partial charge in [0.1, 0.15) is 0 Å². The minimum absolute atomic E-state index is 0.0781. The van der Waals surface area contributed by atoms with Crippen molar-refractivity contribution in [3.05, 3.63) is 11.5 Å². The Morgan fingerprint density at radius 1 is 1.26 bits per heavy atom. The van der Waals surface area contributed by atoms with Crippen LogP contribution >= 0.6 is 15.9 Å². The number of carbonyl (C=O) groups is 2. The highest BCUT2D eigenvalue weighted by Crippen LogP contribution is 2.36. The Kier molecular flexibility index (Phi) is 5.14. The first kappa shape index (κ1) is 16.2. The van der Waals surface area contributed by atoms with E-state index in [2.05, 4.69) is 15.9 Å². The van der Waals surface area contributed by atoms with Gasteiger partial charge in [-0.25, -0.2) is 18.0 Å². The quantitative estimate of drug-likeness (QED) is 0.412. The molecule has 0 fully saturated rings. The molecule has 1 heterocycles. The topological polar surface area (TPSA) is 86.7 Å². The van der Waals surface area contributed by atoms with E-state index in [9.17, 15) is 18.0 Å². The van der Waals surface area contributed by atoms with Crippen molar-refractivity contribution in [2.45, 2.75) is 18.2 Å². The van der Waals surface area contributed by atoms with Gasteiger partial charge in [0.2, 0.25) is 4.32 Å². The van der Waals surface area contributed by atoms with Gasteiger partial charge in [-0.1, -0.05) is 22.0 Å². The van der Waals surface area contributed by atoms with Crippen molar-refractivity contribution >= 4 is 37.7 Å². The monoisotopic (exact) mass is 354 g/mol. The molecule has 8 heteroatoms. The van der Waals surface area contributed by atoms with E-state index >= 15 is 0 Å². The lowest BCUT2D eigenvalue weighted by Gasteiger charge is -2.27. The van der Waals surface area contributed by atoms with Gasteiger partial charge in [0.25, 0.3) is 0 Å². The number of hydrogen-bond donors (Lipinski definition) is 0. The Morgan fingerprint density at radius 2 is 1.74 bits per heavy atom. The molecule has 1 rings (SSSR count). The number of alkyl halides is 1. The molecule has 1 atom stereocenters. The highest BCUT2D eigenvalue weighted by Gasteiger charge is 2.54. The Bertz CT molecular complexity index is 477. The van der Waals surface area contributed by atoms with Crippen molar-refractivity contribution in [3.8, 4) is 0 Å². The van der Waals surface area contributed by atoms with Crippen LogP contribution in [0.1, 0.15) is 13.8 Å². The maximum Gasteiger partial charge on any atom is 0.335 e. The summed E-state index contributed by atoms with van der Waals surface area (Å²) in [6.45, 7) is 3.35. The zero-order valence-corrected chi connectivity index (χ0v) is 13.0. The molecule has 0 N–H and O–H groups in total. The summed E-state index contributed by atoms with van der Waals surface area (Å²) in [5.74, 6) is -2.88. The molecule has 0 aromatic rings. The number of carbonyl (C=O) groups excluding carboxylic acids is 2. The van der Waals surface area contributed by atoms with Gasteiger partial charge in [-0.2, -0.15) is 0 Å². The molecule has 1 aliphatic heterocycles. The molecule has 19 heavy (non-hydrogen) atoms. The minimum atomic E-state index is -3.40. The Labute approximate surface area is 120 Å². The smallest absolute Gasteiger partial charge is 0.335 e. The van der Waals surface area contributed by atoms with Gasteiger partial charge in [0, 0.05) is 11.3 Å². The molecular formula is C11H15BrO6S. The lowest BCUT2D eigenvalue weighted by Crippen LogP contribution is -2.49. The molecule has 0 radical (unpaired) electrons. The van der Waals surface area contributed by atoms with Gasteiger partial charge in [-0.15, -0.1) is 0 Å². The number of hydrogen-bond acceptors (Lipinski definition) is 6. The SMILES string of the molecule is CCOC(=O)C(Br)(C(=O)OCC)[C@H]1C=CS(=O)(=O)C1. The van der Waals surface area contributed by atoms with E-state index < -0.39 is 32.0 Å². The number of allylic oxidation sites excluding steroid dienone is 1. The average molecular weight is 355 g/mol. The zero-order valence-electron chi connectivity index (χ0n) is 10.6. The van der Waals surface area contributed by atoms with E-state index in [0.29, 0.717) is 0 Å². The fourth-order valence-electron chi connectivity index (χ4n) is 1.68. The first-order valence-electron chi connectivity index (χ1n) is 5.72. The van der Waals surface area contributed by atoms with Crippen molar-refractivity contribution in [3.63, 3.8) is 0 Å². The molecule has 108 valence electrons. The molecule has 0 bridgehead atoms. The zero-order chi connectivity index (χ0) is 14.7. The third-order valence-corrected chi connectivity index (χ3v) is 5.22. The van der Waals surface area contributed by atoms with Gasteiger partial charge in [0.05, 0.1) is 19.0 Å². The van der Waals surface area contributed by atoms with Crippen molar-refractivity contribution in [2.75, 3.05) is 19.0 Å². The van der Waals surface area contributed by atoms with Crippen molar-refractivity contribution in [2.24, 2.45) is 5.92 Å². The molecule has 0 amide bonds. The predicted molar refractivity (Wildman–Crippen MR) is 71.3 cm³/mol. The number of rotatable bonds is 5. The van der Waals surface area contributed by atoms with Crippen LogP contribution in [0, 0.1) is 5.92 Å². The normalized spacial score (nSPS) is 21.1. The minimum Gasteiger partial charge on any atom is -0.464 e. The summed E-state index contributed by atoms with van der Waals surface area (Å²) >= 11 is 3.03. The second-order valence-corrected chi connectivity index (χ2v) is 7.10. The lowest BCUT2D eigenvalue weighted by atomic mass is 9.94. The summed E-state index contributed by atoms with van der Waals surface area (Å²) < 4.78 is 30.7. The molecule has 0 saturated carbocycles. The first-order chi connectivity index (χ1) is 8.78. The largest absolute Gasteiger partial charge is 0.464 e. The second kappa shape index (κ2) is 6.04. The predicted octanol–water partition coefficient (Wildman–Crippen LogP) is 0.805. The fourth-order valence-corrected chi connectivity index (χ4v) is 3.84. The van der Waals surface area contributed by atoms with Crippen LogP contribution in [0.5, 0.6) is 0 Å². The lowest BCUT2D eigenvalue weighted by molar-refractivity contribution is -0.159. The maximum absolute atomic E-state index is 12.0.